The van der Waals surface area contributed by atoms with E-state index in [1.54, 1.807) is 24.3 Å². The fourth-order valence-corrected chi connectivity index (χ4v) is 4.35. The highest BCUT2D eigenvalue weighted by molar-refractivity contribution is 7.86. The molecule has 0 heterocycles. The number of nitrogens with zero attached hydrogens (tertiary/aromatic N) is 4. The number of anilines is 1. The lowest BCUT2D eigenvalue weighted by Gasteiger charge is -2.13. The van der Waals surface area contributed by atoms with Crippen LogP contribution in [0.5, 0.6) is 5.75 Å². The largest absolute Gasteiger partial charge is 0.744 e. The molecule has 0 aliphatic rings. The van der Waals surface area contributed by atoms with Crippen molar-refractivity contribution >= 4 is 59.4 Å². The second kappa shape index (κ2) is 9.43. The molecule has 4 aromatic rings. The van der Waals surface area contributed by atoms with Gasteiger partial charge in [0.15, 0.2) is 5.75 Å². The van der Waals surface area contributed by atoms with Gasteiger partial charge in [-0.15, -0.1) is 5.11 Å². The first-order chi connectivity index (χ1) is 16.9. The lowest BCUT2D eigenvalue weighted by atomic mass is 10.1. The Morgan fingerprint density at radius 1 is 0.639 bits per heavy atom. The zero-order valence-corrected chi connectivity index (χ0v) is 19.6. The zero-order chi connectivity index (χ0) is 26.1. The standard InChI is InChI=1S/C22H17N5O7S2/c23-18-10-12-20(36(32,33)34)17-9-11-19(22(28)21(17)18)27-26-14-3-1-13(2-4-14)24-25-15-5-7-16(8-6-15)35(29,30)31/h1-12,28H,23H2,(H,29,30,31)(H,32,33,34)/p-2. The molecular formula is C22H15N5O7S2-2. The van der Waals surface area contributed by atoms with E-state index in [1.807, 2.05) is 0 Å². The summed E-state index contributed by atoms with van der Waals surface area (Å²) in [6.45, 7) is 0. The van der Waals surface area contributed by atoms with E-state index in [9.17, 15) is 31.0 Å². The maximum absolute atomic E-state index is 11.5. The number of fused-ring (bicyclic) bond motifs is 1. The van der Waals surface area contributed by atoms with E-state index in [1.165, 1.54) is 30.3 Å². The number of aromatic hydroxyl groups is 1. The highest BCUT2D eigenvalue weighted by Gasteiger charge is 2.15. The van der Waals surface area contributed by atoms with Gasteiger partial charge in [-0.1, -0.05) is 6.07 Å². The summed E-state index contributed by atoms with van der Waals surface area (Å²) in [6.07, 6.45) is 0. The first-order valence-electron chi connectivity index (χ1n) is 9.93. The molecule has 0 unspecified atom stereocenters. The predicted molar refractivity (Wildman–Crippen MR) is 127 cm³/mol. The van der Waals surface area contributed by atoms with E-state index in [2.05, 4.69) is 20.5 Å². The lowest BCUT2D eigenvalue weighted by Crippen LogP contribution is -2.01. The molecule has 0 aromatic heterocycles. The van der Waals surface area contributed by atoms with Gasteiger partial charge in [-0.05, 0) is 66.7 Å². The van der Waals surface area contributed by atoms with Crippen molar-refractivity contribution in [2.75, 3.05) is 5.73 Å². The number of phenolic OH excluding ortho intramolecular Hbond substituents is 1. The molecule has 0 radical (unpaired) electrons. The predicted octanol–water partition coefficient (Wildman–Crippen LogP) is 4.77. The summed E-state index contributed by atoms with van der Waals surface area (Å²) in [5.41, 5.74) is 7.11. The molecule has 0 bridgehead atoms. The second-order valence-corrected chi connectivity index (χ2v) is 10.1. The van der Waals surface area contributed by atoms with Gasteiger partial charge in [0.25, 0.3) is 0 Å². The smallest absolute Gasteiger partial charge is 0.153 e. The fourth-order valence-electron chi connectivity index (χ4n) is 3.21. The summed E-state index contributed by atoms with van der Waals surface area (Å²) in [7, 11) is -9.33. The molecule has 4 rings (SSSR count). The van der Waals surface area contributed by atoms with Gasteiger partial charge in [-0.2, -0.15) is 15.3 Å². The van der Waals surface area contributed by atoms with E-state index in [0.29, 0.717) is 17.1 Å². The molecule has 184 valence electrons. The quantitative estimate of drug-likeness (QED) is 0.203. The third-order valence-electron chi connectivity index (χ3n) is 4.92. The van der Waals surface area contributed by atoms with E-state index in [-0.39, 0.29) is 27.0 Å². The Kier molecular flexibility index (Phi) is 6.51. The van der Waals surface area contributed by atoms with Crippen molar-refractivity contribution in [1.29, 1.82) is 0 Å². The number of nitrogen functional groups attached to an aromatic ring is 1. The molecule has 0 saturated heterocycles. The summed E-state index contributed by atoms with van der Waals surface area (Å²) >= 11 is 0. The average Bonchev–Trinajstić information content (AvgIpc) is 2.82. The minimum absolute atomic E-state index is 0.00181. The van der Waals surface area contributed by atoms with Crippen LogP contribution in [0, 0.1) is 0 Å². The van der Waals surface area contributed by atoms with Crippen LogP contribution < -0.4 is 5.73 Å². The number of benzene rings is 4. The van der Waals surface area contributed by atoms with Gasteiger partial charge in [0.05, 0.1) is 32.2 Å². The molecule has 4 aromatic carbocycles. The van der Waals surface area contributed by atoms with E-state index in [0.717, 1.165) is 18.2 Å². The summed E-state index contributed by atoms with van der Waals surface area (Å²) in [6, 6.07) is 16.2. The molecule has 12 nitrogen and oxygen atoms in total. The minimum Gasteiger partial charge on any atom is -0.744 e. The van der Waals surface area contributed by atoms with Crippen LogP contribution >= 0.6 is 0 Å². The SMILES string of the molecule is Nc1ccc(S(=O)(=O)[O-])c2ccc(N=Nc3ccc(N=Nc4ccc(S(=O)(=O)[O-])cc4)cc3)c(O)c12. The van der Waals surface area contributed by atoms with Crippen LogP contribution in [0.4, 0.5) is 28.4 Å². The van der Waals surface area contributed by atoms with Crippen molar-refractivity contribution < 1.29 is 31.0 Å². The number of rotatable bonds is 6. The van der Waals surface area contributed by atoms with Crippen LogP contribution in [0.3, 0.4) is 0 Å². The normalized spacial score (nSPS) is 12.6. The van der Waals surface area contributed by atoms with Crippen molar-refractivity contribution in [2.45, 2.75) is 9.79 Å². The summed E-state index contributed by atoms with van der Waals surface area (Å²) in [5, 5.41) is 26.5. The molecule has 0 fully saturated rings. The molecule has 0 spiro atoms. The van der Waals surface area contributed by atoms with Gasteiger partial charge in [-0.25, -0.2) is 16.8 Å². The maximum Gasteiger partial charge on any atom is 0.153 e. The maximum atomic E-state index is 11.5. The van der Waals surface area contributed by atoms with Gasteiger partial charge < -0.3 is 19.9 Å². The number of hydrogen-bond donors (Lipinski definition) is 2. The first-order valence-corrected chi connectivity index (χ1v) is 12.7. The molecule has 0 aliphatic heterocycles. The van der Waals surface area contributed by atoms with E-state index < -0.39 is 30.9 Å². The van der Waals surface area contributed by atoms with Crippen LogP contribution in [-0.2, 0) is 20.2 Å². The summed E-state index contributed by atoms with van der Waals surface area (Å²) < 4.78 is 67.4. The topological polar surface area (TPSA) is 210 Å². The van der Waals surface area contributed by atoms with E-state index >= 15 is 0 Å². The van der Waals surface area contributed by atoms with Gasteiger partial charge in [0.1, 0.15) is 25.9 Å². The zero-order valence-electron chi connectivity index (χ0n) is 18.0. The van der Waals surface area contributed by atoms with Gasteiger partial charge in [0.2, 0.25) is 0 Å². The Labute approximate surface area is 205 Å². The Balaban J connectivity index is 1.55. The molecule has 3 N–H and O–H groups in total. The average molecular weight is 526 g/mol. The Bertz CT molecular complexity index is 1730. The Morgan fingerprint density at radius 3 is 1.64 bits per heavy atom. The molecule has 14 heteroatoms. The van der Waals surface area contributed by atoms with Gasteiger partial charge in [-0.3, -0.25) is 0 Å². The van der Waals surface area contributed by atoms with Crippen LogP contribution in [0.15, 0.2) is 103 Å². The van der Waals surface area contributed by atoms with Crippen LogP contribution in [0.2, 0.25) is 0 Å². The first kappa shape index (κ1) is 24.9. The molecule has 0 aliphatic carbocycles. The number of hydrogen-bond acceptors (Lipinski definition) is 12. The minimum atomic E-state index is -4.79. The highest BCUT2D eigenvalue weighted by Crippen LogP contribution is 2.41. The molecular weight excluding hydrogens is 510 g/mol. The summed E-state index contributed by atoms with van der Waals surface area (Å²) in [5.74, 6) is -0.430. The molecule has 0 saturated carbocycles. The molecule has 36 heavy (non-hydrogen) atoms. The fraction of sp³-hybridized carbons (Fsp3) is 0. The number of phenols is 1. The van der Waals surface area contributed by atoms with Crippen LogP contribution in [-0.4, -0.2) is 31.0 Å². The molecule has 0 atom stereocenters. The monoisotopic (exact) mass is 525 g/mol. The second-order valence-electron chi connectivity index (χ2n) is 7.33. The highest BCUT2D eigenvalue weighted by atomic mass is 32.2. The Hall–Kier alpha value is -4.24. The number of nitrogens with two attached hydrogens (primary N) is 1. The van der Waals surface area contributed by atoms with Crippen molar-refractivity contribution in [2.24, 2.45) is 20.5 Å². The van der Waals surface area contributed by atoms with Crippen molar-refractivity contribution in [1.82, 2.24) is 0 Å². The number of azo groups is 2. The molecule has 0 amide bonds. The van der Waals surface area contributed by atoms with Gasteiger partial charge in [0, 0.05) is 11.1 Å². The summed E-state index contributed by atoms with van der Waals surface area (Å²) in [4.78, 5) is -0.881. The van der Waals surface area contributed by atoms with Crippen molar-refractivity contribution in [3.8, 4) is 5.75 Å². The van der Waals surface area contributed by atoms with Crippen LogP contribution in [0.1, 0.15) is 0 Å². The van der Waals surface area contributed by atoms with Gasteiger partial charge >= 0.3 is 0 Å². The van der Waals surface area contributed by atoms with Crippen LogP contribution in [0.25, 0.3) is 10.8 Å². The van der Waals surface area contributed by atoms with E-state index in [4.69, 9.17) is 5.73 Å². The van der Waals surface area contributed by atoms with Crippen molar-refractivity contribution in [3.05, 3.63) is 72.8 Å². The van der Waals surface area contributed by atoms with Crippen molar-refractivity contribution in [3.63, 3.8) is 0 Å². The third-order valence-corrected chi connectivity index (χ3v) is 6.67. The Morgan fingerprint density at radius 2 is 1.14 bits per heavy atom. The lowest BCUT2D eigenvalue weighted by molar-refractivity contribution is 0.461. The third kappa shape index (κ3) is 5.36.